The van der Waals surface area contributed by atoms with E-state index in [9.17, 15) is 4.39 Å². The molecule has 3 heterocycles. The second-order valence-corrected chi connectivity index (χ2v) is 6.25. The molecule has 1 atom stereocenters. The fraction of sp³-hybridized carbons (Fsp3) is 0.588. The van der Waals surface area contributed by atoms with Crippen molar-refractivity contribution in [3.8, 4) is 0 Å². The molecule has 0 radical (unpaired) electrons. The summed E-state index contributed by atoms with van der Waals surface area (Å²) < 4.78 is 13.2. The van der Waals surface area contributed by atoms with E-state index in [2.05, 4.69) is 25.4 Å². The van der Waals surface area contributed by atoms with Gasteiger partial charge in [0.05, 0.1) is 0 Å². The Labute approximate surface area is 137 Å². The Kier molecular flexibility index (Phi) is 5.46. The average molecular weight is 319 g/mol. The number of fused-ring (bicyclic) bond motifs is 3. The van der Waals surface area contributed by atoms with Gasteiger partial charge in [-0.05, 0) is 24.1 Å². The molecule has 0 amide bonds. The molecule has 0 aliphatic carbocycles. The number of guanidine groups is 1. The first-order valence-electron chi connectivity index (χ1n) is 8.40. The van der Waals surface area contributed by atoms with Crippen LogP contribution < -0.4 is 10.6 Å². The number of hydrogen-bond donors (Lipinski definition) is 2. The molecular formula is C17H26FN5. The third-order valence-electron chi connectivity index (χ3n) is 4.72. The molecule has 3 fully saturated rings. The Morgan fingerprint density at radius 1 is 1.26 bits per heavy atom. The molecule has 126 valence electrons. The van der Waals surface area contributed by atoms with Gasteiger partial charge in [0.2, 0.25) is 0 Å². The predicted octanol–water partition coefficient (Wildman–Crippen LogP) is 0.533. The first-order valence-corrected chi connectivity index (χ1v) is 8.40. The summed E-state index contributed by atoms with van der Waals surface area (Å²) in [4.78, 5) is 9.37. The van der Waals surface area contributed by atoms with Gasteiger partial charge in [-0.15, -0.1) is 0 Å². The van der Waals surface area contributed by atoms with Gasteiger partial charge in [-0.1, -0.05) is 12.1 Å². The van der Waals surface area contributed by atoms with Gasteiger partial charge < -0.3 is 10.6 Å². The molecule has 3 aliphatic rings. The third-order valence-corrected chi connectivity index (χ3v) is 4.72. The van der Waals surface area contributed by atoms with Crippen molar-refractivity contribution in [2.45, 2.75) is 12.5 Å². The molecule has 23 heavy (non-hydrogen) atoms. The Morgan fingerprint density at radius 2 is 2.09 bits per heavy atom. The molecule has 6 heteroatoms. The first-order chi connectivity index (χ1) is 11.2. The molecule has 1 aromatic rings. The van der Waals surface area contributed by atoms with E-state index >= 15 is 0 Å². The molecule has 0 spiro atoms. The summed E-state index contributed by atoms with van der Waals surface area (Å²) in [5.74, 6) is 0.639. The van der Waals surface area contributed by atoms with Gasteiger partial charge >= 0.3 is 0 Å². The van der Waals surface area contributed by atoms with Crippen molar-refractivity contribution in [3.63, 3.8) is 0 Å². The average Bonchev–Trinajstić information content (AvgIpc) is 2.59. The molecular weight excluding hydrogens is 293 g/mol. The lowest BCUT2D eigenvalue weighted by Crippen LogP contribution is -2.63. The van der Waals surface area contributed by atoms with Gasteiger partial charge in [0.25, 0.3) is 0 Å². The Hall–Kier alpha value is -1.66. The highest BCUT2D eigenvalue weighted by atomic mass is 19.1. The zero-order chi connectivity index (χ0) is 16.1. The van der Waals surface area contributed by atoms with Crippen LogP contribution in [-0.2, 0) is 6.42 Å². The van der Waals surface area contributed by atoms with Crippen molar-refractivity contribution in [2.24, 2.45) is 4.99 Å². The number of aliphatic imine (C=N–C) groups is 1. The van der Waals surface area contributed by atoms with Crippen molar-refractivity contribution in [1.29, 1.82) is 0 Å². The molecule has 1 aromatic carbocycles. The zero-order valence-electron chi connectivity index (χ0n) is 13.8. The van der Waals surface area contributed by atoms with E-state index in [1.165, 1.54) is 32.2 Å². The number of nitrogens with zero attached hydrogens (tertiary/aromatic N) is 3. The van der Waals surface area contributed by atoms with Gasteiger partial charge in [0, 0.05) is 58.9 Å². The summed E-state index contributed by atoms with van der Waals surface area (Å²) in [6, 6.07) is 7.32. The van der Waals surface area contributed by atoms with Crippen LogP contribution in [0.4, 0.5) is 4.39 Å². The van der Waals surface area contributed by atoms with Gasteiger partial charge in [-0.2, -0.15) is 0 Å². The van der Waals surface area contributed by atoms with Crippen molar-refractivity contribution < 1.29 is 4.39 Å². The summed E-state index contributed by atoms with van der Waals surface area (Å²) in [7, 11) is 1.79. The van der Waals surface area contributed by atoms with Gasteiger partial charge in [-0.3, -0.25) is 14.8 Å². The van der Waals surface area contributed by atoms with Crippen LogP contribution in [0.1, 0.15) is 5.56 Å². The molecule has 0 saturated carbocycles. The van der Waals surface area contributed by atoms with Crippen LogP contribution in [0.25, 0.3) is 0 Å². The van der Waals surface area contributed by atoms with Crippen LogP contribution in [-0.4, -0.2) is 74.7 Å². The topological polar surface area (TPSA) is 42.9 Å². The quantitative estimate of drug-likeness (QED) is 0.614. The van der Waals surface area contributed by atoms with Crippen LogP contribution in [0, 0.1) is 5.82 Å². The molecule has 1 unspecified atom stereocenters. The molecule has 2 bridgehead atoms. The SMILES string of the molecule is CN=C(NCCc1cccc(F)c1)NCC1CN2CCN1CC2. The summed E-state index contributed by atoms with van der Waals surface area (Å²) in [5.41, 5.74) is 0.997. The highest BCUT2D eigenvalue weighted by Crippen LogP contribution is 2.14. The normalized spacial score (nSPS) is 27.0. The maximum atomic E-state index is 13.2. The molecule has 3 aliphatic heterocycles. The highest BCUT2D eigenvalue weighted by molar-refractivity contribution is 5.79. The fourth-order valence-corrected chi connectivity index (χ4v) is 3.37. The van der Waals surface area contributed by atoms with Gasteiger partial charge in [-0.25, -0.2) is 4.39 Å². The molecule has 0 aromatic heterocycles. The van der Waals surface area contributed by atoms with E-state index in [0.717, 1.165) is 37.6 Å². The monoisotopic (exact) mass is 319 g/mol. The van der Waals surface area contributed by atoms with E-state index < -0.39 is 0 Å². The van der Waals surface area contributed by atoms with Crippen molar-refractivity contribution in [1.82, 2.24) is 20.4 Å². The molecule has 5 nitrogen and oxygen atoms in total. The molecule has 4 rings (SSSR count). The van der Waals surface area contributed by atoms with Gasteiger partial charge in [0.1, 0.15) is 5.82 Å². The van der Waals surface area contributed by atoms with E-state index in [0.29, 0.717) is 6.04 Å². The first kappa shape index (κ1) is 16.2. The largest absolute Gasteiger partial charge is 0.356 e. The van der Waals surface area contributed by atoms with Crippen LogP contribution >= 0.6 is 0 Å². The van der Waals surface area contributed by atoms with Crippen molar-refractivity contribution >= 4 is 5.96 Å². The lowest BCUT2D eigenvalue weighted by molar-refractivity contribution is 0.0154. The second kappa shape index (κ2) is 7.75. The smallest absolute Gasteiger partial charge is 0.191 e. The van der Waals surface area contributed by atoms with Crippen molar-refractivity contribution in [2.75, 3.05) is 52.9 Å². The highest BCUT2D eigenvalue weighted by Gasteiger charge is 2.31. The number of nitrogens with one attached hydrogen (secondary N) is 2. The minimum absolute atomic E-state index is 0.179. The van der Waals surface area contributed by atoms with Crippen LogP contribution in [0.2, 0.25) is 0 Å². The maximum absolute atomic E-state index is 13.2. The lowest BCUT2D eigenvalue weighted by atomic mass is 10.1. The maximum Gasteiger partial charge on any atom is 0.191 e. The third kappa shape index (κ3) is 4.42. The summed E-state index contributed by atoms with van der Waals surface area (Å²) in [6.45, 7) is 7.57. The van der Waals surface area contributed by atoms with E-state index in [-0.39, 0.29) is 5.82 Å². The zero-order valence-corrected chi connectivity index (χ0v) is 13.8. The Balaban J connectivity index is 1.40. The summed E-state index contributed by atoms with van der Waals surface area (Å²) >= 11 is 0. The van der Waals surface area contributed by atoms with Crippen molar-refractivity contribution in [3.05, 3.63) is 35.6 Å². The van der Waals surface area contributed by atoms with E-state index in [4.69, 9.17) is 0 Å². The summed E-state index contributed by atoms with van der Waals surface area (Å²) in [6.07, 6.45) is 0.780. The number of benzene rings is 1. The standard InChI is InChI=1S/C17H26FN5/c1-19-17(20-6-5-14-3-2-4-15(18)11-14)21-12-16-13-22-7-9-23(16)10-8-22/h2-4,11,16H,5-10,12-13H2,1H3,(H2,19,20,21). The minimum Gasteiger partial charge on any atom is -0.356 e. The fourth-order valence-electron chi connectivity index (χ4n) is 3.37. The number of rotatable bonds is 5. The number of piperazine rings is 3. The van der Waals surface area contributed by atoms with Gasteiger partial charge in [0.15, 0.2) is 5.96 Å². The lowest BCUT2D eigenvalue weighted by Gasteiger charge is -2.47. The van der Waals surface area contributed by atoms with E-state index in [1.54, 1.807) is 19.2 Å². The molecule has 2 N–H and O–H groups in total. The Bertz CT molecular complexity index is 540. The van der Waals surface area contributed by atoms with Crippen LogP contribution in [0.5, 0.6) is 0 Å². The summed E-state index contributed by atoms with van der Waals surface area (Å²) in [5, 5.41) is 6.72. The van der Waals surface area contributed by atoms with E-state index in [1.807, 2.05) is 6.07 Å². The second-order valence-electron chi connectivity index (χ2n) is 6.25. The number of halogens is 1. The number of hydrogen-bond acceptors (Lipinski definition) is 3. The minimum atomic E-state index is -0.179. The van der Waals surface area contributed by atoms with Crippen LogP contribution in [0.3, 0.4) is 0 Å². The van der Waals surface area contributed by atoms with Crippen LogP contribution in [0.15, 0.2) is 29.3 Å². The Morgan fingerprint density at radius 3 is 2.74 bits per heavy atom. The molecule has 3 saturated heterocycles. The predicted molar refractivity (Wildman–Crippen MR) is 91.3 cm³/mol.